The molecule has 0 bridgehead atoms. The van der Waals surface area contributed by atoms with Crippen molar-refractivity contribution in [1.29, 1.82) is 0 Å². The Morgan fingerprint density at radius 2 is 2.00 bits per heavy atom. The number of aliphatic hydroxyl groups is 1. The van der Waals surface area contributed by atoms with Gasteiger partial charge in [-0.3, -0.25) is 0 Å². The predicted octanol–water partition coefficient (Wildman–Crippen LogP) is 2.31. The third kappa shape index (κ3) is 2.61. The fourth-order valence-corrected chi connectivity index (χ4v) is 1.26. The van der Waals surface area contributed by atoms with Crippen molar-refractivity contribution in [3.8, 4) is 12.3 Å². The summed E-state index contributed by atoms with van der Waals surface area (Å²) in [7, 11) is 0. The average Bonchev–Trinajstić information content (AvgIpc) is 2.16. The number of benzene rings is 1. The van der Waals surface area contributed by atoms with Crippen LogP contribution in [-0.2, 0) is 5.60 Å². The SMILES string of the molecule is C#CCCC(C)(O)c1ccccc1. The van der Waals surface area contributed by atoms with Crippen molar-refractivity contribution in [3.05, 3.63) is 35.9 Å². The molecule has 1 aromatic carbocycles. The molecule has 1 aromatic rings. The molecule has 0 amide bonds. The van der Waals surface area contributed by atoms with Crippen LogP contribution in [0.4, 0.5) is 0 Å². The molecule has 13 heavy (non-hydrogen) atoms. The second-order valence-electron chi connectivity index (χ2n) is 3.34. The molecule has 0 saturated carbocycles. The monoisotopic (exact) mass is 174 g/mol. The summed E-state index contributed by atoms with van der Waals surface area (Å²) in [4.78, 5) is 0. The van der Waals surface area contributed by atoms with Gasteiger partial charge in [-0.2, -0.15) is 0 Å². The normalized spacial score (nSPS) is 14.5. The molecule has 0 heterocycles. The van der Waals surface area contributed by atoms with E-state index in [1.54, 1.807) is 6.92 Å². The van der Waals surface area contributed by atoms with Crippen LogP contribution in [0.15, 0.2) is 30.3 Å². The van der Waals surface area contributed by atoms with Crippen molar-refractivity contribution >= 4 is 0 Å². The van der Waals surface area contributed by atoms with Gasteiger partial charge in [0.05, 0.1) is 5.60 Å². The largest absolute Gasteiger partial charge is 0.385 e. The molecule has 0 aliphatic heterocycles. The Labute approximate surface area is 79.4 Å². The van der Waals surface area contributed by atoms with E-state index in [1.807, 2.05) is 30.3 Å². The Morgan fingerprint density at radius 3 is 2.54 bits per heavy atom. The van der Waals surface area contributed by atoms with Crippen LogP contribution in [0.1, 0.15) is 25.3 Å². The minimum Gasteiger partial charge on any atom is -0.385 e. The molecular formula is C12H14O. The Balaban J connectivity index is 2.76. The molecule has 0 aliphatic carbocycles. The molecule has 0 aromatic heterocycles. The highest BCUT2D eigenvalue weighted by atomic mass is 16.3. The molecule has 1 nitrogen and oxygen atoms in total. The Morgan fingerprint density at radius 1 is 1.38 bits per heavy atom. The van der Waals surface area contributed by atoms with Crippen molar-refractivity contribution in [2.75, 3.05) is 0 Å². The molecule has 1 rings (SSSR count). The van der Waals surface area contributed by atoms with Crippen LogP contribution in [0.3, 0.4) is 0 Å². The van der Waals surface area contributed by atoms with E-state index in [0.29, 0.717) is 12.8 Å². The lowest BCUT2D eigenvalue weighted by molar-refractivity contribution is 0.0494. The van der Waals surface area contributed by atoms with Crippen molar-refractivity contribution in [1.82, 2.24) is 0 Å². The van der Waals surface area contributed by atoms with Crippen molar-refractivity contribution in [2.24, 2.45) is 0 Å². The van der Waals surface area contributed by atoms with Gasteiger partial charge in [-0.25, -0.2) is 0 Å². The Bertz CT molecular complexity index is 293. The summed E-state index contributed by atoms with van der Waals surface area (Å²) in [6.07, 6.45) is 6.36. The molecule has 1 heteroatoms. The van der Waals surface area contributed by atoms with Gasteiger partial charge in [-0.15, -0.1) is 12.3 Å². The van der Waals surface area contributed by atoms with Crippen LogP contribution < -0.4 is 0 Å². The standard InChI is InChI=1S/C12H14O/c1-3-4-10-12(2,13)11-8-6-5-7-9-11/h1,5-9,13H,4,10H2,2H3. The van der Waals surface area contributed by atoms with E-state index < -0.39 is 5.60 Å². The van der Waals surface area contributed by atoms with E-state index >= 15 is 0 Å². The first-order valence-electron chi connectivity index (χ1n) is 4.38. The maximum atomic E-state index is 10.0. The zero-order valence-corrected chi connectivity index (χ0v) is 7.83. The van der Waals surface area contributed by atoms with Gasteiger partial charge in [-0.05, 0) is 18.9 Å². The zero-order valence-electron chi connectivity index (χ0n) is 7.83. The van der Waals surface area contributed by atoms with Crippen LogP contribution in [0, 0.1) is 12.3 Å². The molecule has 0 aliphatic rings. The molecule has 1 N–H and O–H groups in total. The van der Waals surface area contributed by atoms with Gasteiger partial charge in [0.1, 0.15) is 0 Å². The minimum atomic E-state index is -0.798. The quantitative estimate of drug-likeness (QED) is 0.697. The summed E-state index contributed by atoms with van der Waals surface area (Å²) in [5.41, 5.74) is 0.124. The lowest BCUT2D eigenvalue weighted by Crippen LogP contribution is -2.20. The molecule has 1 unspecified atom stereocenters. The zero-order chi connectivity index (χ0) is 9.73. The molecule has 0 spiro atoms. The van der Waals surface area contributed by atoms with Gasteiger partial charge >= 0.3 is 0 Å². The maximum absolute atomic E-state index is 10.0. The molecular weight excluding hydrogens is 160 g/mol. The summed E-state index contributed by atoms with van der Waals surface area (Å²) < 4.78 is 0. The fourth-order valence-electron chi connectivity index (χ4n) is 1.26. The van der Waals surface area contributed by atoms with E-state index in [1.165, 1.54) is 0 Å². The highest BCUT2D eigenvalue weighted by Gasteiger charge is 2.21. The van der Waals surface area contributed by atoms with Gasteiger partial charge in [0, 0.05) is 6.42 Å². The van der Waals surface area contributed by atoms with Crippen molar-refractivity contribution in [3.63, 3.8) is 0 Å². The molecule has 0 radical (unpaired) electrons. The molecule has 0 fully saturated rings. The maximum Gasteiger partial charge on any atom is 0.0877 e. The number of hydrogen-bond acceptors (Lipinski definition) is 1. The van der Waals surface area contributed by atoms with E-state index in [2.05, 4.69) is 5.92 Å². The van der Waals surface area contributed by atoms with E-state index in [9.17, 15) is 5.11 Å². The first kappa shape index (κ1) is 9.83. The average molecular weight is 174 g/mol. The second-order valence-corrected chi connectivity index (χ2v) is 3.34. The lowest BCUT2D eigenvalue weighted by atomic mass is 9.91. The first-order valence-corrected chi connectivity index (χ1v) is 4.38. The van der Waals surface area contributed by atoms with Crippen LogP contribution in [0.2, 0.25) is 0 Å². The minimum absolute atomic E-state index is 0.599. The molecule has 0 saturated heterocycles. The molecule has 1 atom stereocenters. The summed E-state index contributed by atoms with van der Waals surface area (Å²) in [6, 6.07) is 9.59. The van der Waals surface area contributed by atoms with Gasteiger partial charge in [0.25, 0.3) is 0 Å². The number of hydrogen-bond donors (Lipinski definition) is 1. The van der Waals surface area contributed by atoms with Crippen LogP contribution in [0.25, 0.3) is 0 Å². The highest BCUT2D eigenvalue weighted by Crippen LogP contribution is 2.24. The summed E-state index contributed by atoms with van der Waals surface area (Å²) in [5, 5.41) is 10.0. The lowest BCUT2D eigenvalue weighted by Gasteiger charge is -2.22. The topological polar surface area (TPSA) is 20.2 Å². The smallest absolute Gasteiger partial charge is 0.0877 e. The van der Waals surface area contributed by atoms with Crippen molar-refractivity contribution in [2.45, 2.75) is 25.4 Å². The Hall–Kier alpha value is -1.26. The summed E-state index contributed by atoms with van der Waals surface area (Å²) in [5.74, 6) is 2.53. The Kier molecular flexibility index (Phi) is 3.11. The third-order valence-electron chi connectivity index (χ3n) is 2.15. The fraction of sp³-hybridized carbons (Fsp3) is 0.333. The van der Waals surface area contributed by atoms with E-state index in [4.69, 9.17) is 6.42 Å². The van der Waals surface area contributed by atoms with E-state index in [0.717, 1.165) is 5.56 Å². The molecule has 68 valence electrons. The predicted molar refractivity (Wildman–Crippen MR) is 54.1 cm³/mol. The van der Waals surface area contributed by atoms with Crippen molar-refractivity contribution < 1.29 is 5.11 Å². The second kappa shape index (κ2) is 4.11. The van der Waals surface area contributed by atoms with Crippen LogP contribution in [0.5, 0.6) is 0 Å². The summed E-state index contributed by atoms with van der Waals surface area (Å²) in [6.45, 7) is 1.79. The van der Waals surface area contributed by atoms with Crippen LogP contribution >= 0.6 is 0 Å². The van der Waals surface area contributed by atoms with E-state index in [-0.39, 0.29) is 0 Å². The number of rotatable bonds is 3. The third-order valence-corrected chi connectivity index (χ3v) is 2.15. The summed E-state index contributed by atoms with van der Waals surface area (Å²) >= 11 is 0. The van der Waals surface area contributed by atoms with Gasteiger partial charge < -0.3 is 5.11 Å². The highest BCUT2D eigenvalue weighted by molar-refractivity contribution is 5.21. The van der Waals surface area contributed by atoms with Gasteiger partial charge in [0.2, 0.25) is 0 Å². The first-order chi connectivity index (χ1) is 6.17. The van der Waals surface area contributed by atoms with Gasteiger partial charge in [0.15, 0.2) is 0 Å². The number of terminal acetylenes is 1. The van der Waals surface area contributed by atoms with Gasteiger partial charge in [-0.1, -0.05) is 30.3 Å². The van der Waals surface area contributed by atoms with Crippen LogP contribution in [-0.4, -0.2) is 5.11 Å².